The van der Waals surface area contributed by atoms with Gasteiger partial charge in [-0.3, -0.25) is 4.79 Å². The molecule has 0 spiro atoms. The van der Waals surface area contributed by atoms with Gasteiger partial charge in [0.2, 0.25) is 0 Å². The van der Waals surface area contributed by atoms with Crippen LogP contribution in [0.4, 0.5) is 0 Å². The zero-order valence-electron chi connectivity index (χ0n) is 14.3. The van der Waals surface area contributed by atoms with E-state index in [0.717, 1.165) is 5.56 Å². The number of ether oxygens (including phenoxy) is 1. The number of hydrogen-bond acceptors (Lipinski definition) is 4. The topological polar surface area (TPSA) is 78.8 Å². The Morgan fingerprint density at radius 1 is 1.23 bits per heavy atom. The standard InChI is InChI=1S/C19H21Cl2NO4/c1-12(22-10-17(23)14-3-2-4-15(20)9-14)11-26-18-6-5-13(7-16(18)21)8-19(24)25/h2-7,9,12,17,22-23H,8,10-11H2,1H3,(H,24,25). The highest BCUT2D eigenvalue weighted by Gasteiger charge is 2.12. The van der Waals surface area contributed by atoms with Crippen molar-refractivity contribution in [3.8, 4) is 5.75 Å². The quantitative estimate of drug-likeness (QED) is 0.600. The highest BCUT2D eigenvalue weighted by molar-refractivity contribution is 6.32. The lowest BCUT2D eigenvalue weighted by atomic mass is 10.1. The van der Waals surface area contributed by atoms with Gasteiger partial charge in [0.15, 0.2) is 0 Å². The summed E-state index contributed by atoms with van der Waals surface area (Å²) in [4.78, 5) is 10.7. The molecule has 2 aromatic rings. The molecule has 5 nitrogen and oxygen atoms in total. The molecule has 0 saturated carbocycles. The van der Waals surface area contributed by atoms with Gasteiger partial charge < -0.3 is 20.3 Å². The summed E-state index contributed by atoms with van der Waals surface area (Å²) in [6.45, 7) is 2.63. The number of aliphatic hydroxyl groups is 1. The first-order chi connectivity index (χ1) is 12.3. The third-order valence-corrected chi connectivity index (χ3v) is 4.26. The van der Waals surface area contributed by atoms with Crippen molar-refractivity contribution in [2.75, 3.05) is 13.2 Å². The average molecular weight is 398 g/mol. The zero-order chi connectivity index (χ0) is 19.1. The van der Waals surface area contributed by atoms with Crippen LogP contribution in [-0.4, -0.2) is 35.4 Å². The first kappa shape index (κ1) is 20.5. The number of nitrogens with one attached hydrogen (secondary N) is 1. The molecule has 2 unspecified atom stereocenters. The van der Waals surface area contributed by atoms with Gasteiger partial charge in [-0.25, -0.2) is 0 Å². The highest BCUT2D eigenvalue weighted by atomic mass is 35.5. The predicted octanol–water partition coefficient (Wildman–Crippen LogP) is 3.71. The van der Waals surface area contributed by atoms with Gasteiger partial charge in [-0.2, -0.15) is 0 Å². The van der Waals surface area contributed by atoms with Gasteiger partial charge in [0.25, 0.3) is 0 Å². The summed E-state index contributed by atoms with van der Waals surface area (Å²) < 4.78 is 5.67. The van der Waals surface area contributed by atoms with E-state index < -0.39 is 12.1 Å². The Morgan fingerprint density at radius 3 is 2.65 bits per heavy atom. The Balaban J connectivity index is 1.81. The van der Waals surface area contributed by atoms with Crippen molar-refractivity contribution in [2.45, 2.75) is 25.5 Å². The van der Waals surface area contributed by atoms with Crippen molar-refractivity contribution in [3.63, 3.8) is 0 Å². The molecular weight excluding hydrogens is 377 g/mol. The molecule has 0 aromatic heterocycles. The van der Waals surface area contributed by atoms with Crippen molar-refractivity contribution in [1.82, 2.24) is 5.32 Å². The molecule has 0 bridgehead atoms. The van der Waals surface area contributed by atoms with Crippen LogP contribution in [-0.2, 0) is 11.2 Å². The minimum atomic E-state index is -0.911. The van der Waals surface area contributed by atoms with E-state index in [1.807, 2.05) is 13.0 Å². The third kappa shape index (κ3) is 6.50. The fourth-order valence-electron chi connectivity index (χ4n) is 2.36. The Labute approximate surface area is 162 Å². The first-order valence-corrected chi connectivity index (χ1v) is 8.90. The second-order valence-electron chi connectivity index (χ2n) is 6.03. The number of aliphatic carboxylic acids is 1. The van der Waals surface area contributed by atoms with Crippen LogP contribution in [0.5, 0.6) is 5.75 Å². The molecular formula is C19H21Cl2NO4. The van der Waals surface area contributed by atoms with Crippen LogP contribution < -0.4 is 10.1 Å². The van der Waals surface area contributed by atoms with Gasteiger partial charge in [-0.05, 0) is 42.3 Å². The Bertz CT molecular complexity index is 754. The minimum Gasteiger partial charge on any atom is -0.490 e. The lowest BCUT2D eigenvalue weighted by Crippen LogP contribution is -2.34. The van der Waals surface area contributed by atoms with E-state index in [0.29, 0.717) is 34.5 Å². The van der Waals surface area contributed by atoms with Gasteiger partial charge in [-0.1, -0.05) is 41.4 Å². The summed E-state index contributed by atoms with van der Waals surface area (Å²) in [5, 5.41) is 23.1. The van der Waals surface area contributed by atoms with Gasteiger partial charge in [0.1, 0.15) is 12.4 Å². The summed E-state index contributed by atoms with van der Waals surface area (Å²) in [6.07, 6.45) is -0.755. The SMILES string of the molecule is CC(COc1ccc(CC(=O)O)cc1Cl)NCC(O)c1cccc(Cl)c1. The number of aliphatic hydroxyl groups excluding tert-OH is 1. The second-order valence-corrected chi connectivity index (χ2v) is 6.87. The summed E-state index contributed by atoms with van der Waals surface area (Å²) in [5.41, 5.74) is 1.36. The molecule has 0 fully saturated rings. The molecule has 2 aromatic carbocycles. The maximum absolute atomic E-state index is 10.7. The zero-order valence-corrected chi connectivity index (χ0v) is 15.8. The van der Waals surface area contributed by atoms with E-state index in [4.69, 9.17) is 33.0 Å². The number of carboxylic acids is 1. The largest absolute Gasteiger partial charge is 0.490 e. The first-order valence-electron chi connectivity index (χ1n) is 8.15. The van der Waals surface area contributed by atoms with Crippen LogP contribution in [0.3, 0.4) is 0 Å². The predicted molar refractivity (Wildman–Crippen MR) is 102 cm³/mol. The van der Waals surface area contributed by atoms with E-state index in [1.54, 1.807) is 36.4 Å². The van der Waals surface area contributed by atoms with Crippen LogP contribution in [0.1, 0.15) is 24.2 Å². The van der Waals surface area contributed by atoms with Crippen molar-refractivity contribution in [2.24, 2.45) is 0 Å². The lowest BCUT2D eigenvalue weighted by molar-refractivity contribution is -0.136. The Kier molecular flexibility index (Phi) is 7.72. The van der Waals surface area contributed by atoms with Crippen LogP contribution in [0.15, 0.2) is 42.5 Å². The van der Waals surface area contributed by atoms with Crippen LogP contribution in [0.2, 0.25) is 10.0 Å². The molecule has 0 aliphatic heterocycles. The number of carboxylic acid groups (broad SMARTS) is 1. The molecule has 0 aliphatic carbocycles. The van der Waals surface area contributed by atoms with Gasteiger partial charge in [0, 0.05) is 17.6 Å². The molecule has 2 rings (SSSR count). The molecule has 140 valence electrons. The highest BCUT2D eigenvalue weighted by Crippen LogP contribution is 2.26. The minimum absolute atomic E-state index is 0.0291. The van der Waals surface area contributed by atoms with Gasteiger partial charge in [-0.15, -0.1) is 0 Å². The second kappa shape index (κ2) is 9.78. The fraction of sp³-hybridized carbons (Fsp3) is 0.316. The molecule has 0 radical (unpaired) electrons. The number of carbonyl (C=O) groups is 1. The fourth-order valence-corrected chi connectivity index (χ4v) is 2.82. The molecule has 0 aliphatic rings. The van der Waals surface area contributed by atoms with E-state index in [1.165, 1.54) is 0 Å². The van der Waals surface area contributed by atoms with Crippen molar-refractivity contribution in [1.29, 1.82) is 0 Å². The monoisotopic (exact) mass is 397 g/mol. The molecule has 3 N–H and O–H groups in total. The van der Waals surface area contributed by atoms with Crippen LogP contribution in [0, 0.1) is 0 Å². The molecule has 0 saturated heterocycles. The lowest BCUT2D eigenvalue weighted by Gasteiger charge is -2.18. The number of rotatable bonds is 9. The normalized spacial score (nSPS) is 13.2. The van der Waals surface area contributed by atoms with Crippen molar-refractivity contribution >= 4 is 29.2 Å². The summed E-state index contributed by atoms with van der Waals surface area (Å²) in [7, 11) is 0. The van der Waals surface area contributed by atoms with Crippen molar-refractivity contribution in [3.05, 3.63) is 63.6 Å². The Morgan fingerprint density at radius 2 is 2.00 bits per heavy atom. The summed E-state index contributed by atoms with van der Waals surface area (Å²) in [5.74, 6) is -0.421. The van der Waals surface area contributed by atoms with Crippen LogP contribution >= 0.6 is 23.2 Å². The summed E-state index contributed by atoms with van der Waals surface area (Å²) >= 11 is 12.1. The number of benzene rings is 2. The molecule has 2 atom stereocenters. The Hall–Kier alpha value is -1.79. The maximum Gasteiger partial charge on any atom is 0.307 e. The molecule has 0 heterocycles. The molecule has 7 heteroatoms. The average Bonchev–Trinajstić information content (AvgIpc) is 2.58. The number of hydrogen-bond donors (Lipinski definition) is 3. The summed E-state index contributed by atoms with van der Waals surface area (Å²) in [6, 6.07) is 12.0. The van der Waals surface area contributed by atoms with E-state index in [9.17, 15) is 9.90 Å². The van der Waals surface area contributed by atoms with E-state index in [-0.39, 0.29) is 12.5 Å². The molecule has 26 heavy (non-hydrogen) atoms. The van der Waals surface area contributed by atoms with Crippen LogP contribution in [0.25, 0.3) is 0 Å². The van der Waals surface area contributed by atoms with E-state index in [2.05, 4.69) is 5.32 Å². The smallest absolute Gasteiger partial charge is 0.307 e. The maximum atomic E-state index is 10.7. The van der Waals surface area contributed by atoms with Gasteiger partial charge in [0.05, 0.1) is 17.5 Å². The molecule has 0 amide bonds. The van der Waals surface area contributed by atoms with Gasteiger partial charge >= 0.3 is 5.97 Å². The van der Waals surface area contributed by atoms with E-state index >= 15 is 0 Å². The third-order valence-electron chi connectivity index (χ3n) is 3.73. The van der Waals surface area contributed by atoms with Crippen molar-refractivity contribution < 1.29 is 19.7 Å². The number of halogens is 2.